The fourth-order valence-corrected chi connectivity index (χ4v) is 6.41. The van der Waals surface area contributed by atoms with Crippen molar-refractivity contribution >= 4 is 54.5 Å². The van der Waals surface area contributed by atoms with Crippen LogP contribution in [0.4, 0.5) is 17.1 Å². The average Bonchev–Trinajstić information content (AvgIpc) is 3.08. The lowest BCUT2D eigenvalue weighted by atomic mass is 9.97. The lowest BCUT2D eigenvalue weighted by Gasteiger charge is -2.28. The molecular formula is C43H40BrN. The maximum atomic E-state index is 3.62. The van der Waals surface area contributed by atoms with Crippen LogP contribution in [0.5, 0.6) is 0 Å². The molecule has 0 unspecified atom stereocenters. The molecule has 7 rings (SSSR count). The van der Waals surface area contributed by atoms with Gasteiger partial charge in [0.15, 0.2) is 0 Å². The van der Waals surface area contributed by atoms with Gasteiger partial charge in [0.1, 0.15) is 0 Å². The van der Waals surface area contributed by atoms with Gasteiger partial charge in [-0.05, 0) is 84.1 Å². The summed E-state index contributed by atoms with van der Waals surface area (Å²) in [5.41, 5.74) is 10.0. The molecule has 0 saturated carbocycles. The molecule has 0 radical (unpaired) electrons. The molecule has 0 aromatic heterocycles. The molecule has 1 nitrogen and oxygen atoms in total. The molecule has 0 N–H and O–H groups in total. The summed E-state index contributed by atoms with van der Waals surface area (Å²) in [5.74, 6) is 0. The summed E-state index contributed by atoms with van der Waals surface area (Å²) in [5, 5.41) is 4.99. The predicted octanol–water partition coefficient (Wildman–Crippen LogP) is 13.5. The highest BCUT2D eigenvalue weighted by Crippen LogP contribution is 2.41. The highest BCUT2D eigenvalue weighted by Gasteiger charge is 2.17. The molecule has 0 saturated heterocycles. The molecular weight excluding hydrogens is 610 g/mol. The Hall–Kier alpha value is -4.66. The maximum absolute atomic E-state index is 3.62. The SMILES string of the molecule is CC.Cc1ccc(N(c2cccc3ccccc23)c2cccc3ccccc23)cc1.Cc1ccccc1-c1c(C)cccc1Br. The van der Waals surface area contributed by atoms with Crippen molar-refractivity contribution in [2.24, 2.45) is 0 Å². The number of hydrogen-bond donors (Lipinski definition) is 0. The number of halogens is 1. The van der Waals surface area contributed by atoms with Gasteiger partial charge >= 0.3 is 0 Å². The van der Waals surface area contributed by atoms with Gasteiger partial charge in [0, 0.05) is 20.9 Å². The van der Waals surface area contributed by atoms with Gasteiger partial charge in [-0.3, -0.25) is 0 Å². The minimum Gasteiger partial charge on any atom is -0.309 e. The summed E-state index contributed by atoms with van der Waals surface area (Å²) >= 11 is 3.62. The van der Waals surface area contributed by atoms with Crippen LogP contribution >= 0.6 is 15.9 Å². The zero-order valence-electron chi connectivity index (χ0n) is 26.8. The van der Waals surface area contributed by atoms with E-state index in [1.165, 1.54) is 66.4 Å². The van der Waals surface area contributed by atoms with E-state index in [-0.39, 0.29) is 0 Å². The summed E-state index contributed by atoms with van der Waals surface area (Å²) in [6.07, 6.45) is 0. The van der Waals surface area contributed by atoms with Gasteiger partial charge in [0.05, 0.1) is 11.4 Å². The van der Waals surface area contributed by atoms with Crippen LogP contribution in [0, 0.1) is 20.8 Å². The van der Waals surface area contributed by atoms with Crippen molar-refractivity contribution in [1.29, 1.82) is 0 Å². The smallest absolute Gasteiger partial charge is 0.0540 e. The molecule has 0 bridgehead atoms. The second kappa shape index (κ2) is 14.9. The minimum atomic E-state index is 1.16. The molecule has 0 fully saturated rings. The molecule has 2 heteroatoms. The van der Waals surface area contributed by atoms with Gasteiger partial charge in [0.2, 0.25) is 0 Å². The van der Waals surface area contributed by atoms with E-state index in [1.54, 1.807) is 0 Å². The van der Waals surface area contributed by atoms with Crippen molar-refractivity contribution in [3.8, 4) is 11.1 Å². The Labute approximate surface area is 276 Å². The Morgan fingerprint density at radius 2 is 0.911 bits per heavy atom. The standard InChI is InChI=1S/C27H21N.C14H13Br.C2H6/c1-20-16-18-23(19-17-20)28(26-14-6-10-21-8-2-4-12-24(21)26)27-15-7-11-22-9-3-5-13-25(22)27;1-10-6-3-4-8-12(10)14-11(2)7-5-9-13(14)15;1-2/h2-19H,1H3;3-9H,1-2H3;1-2H3. The Balaban J connectivity index is 0.000000199. The predicted molar refractivity (Wildman–Crippen MR) is 201 cm³/mol. The summed E-state index contributed by atoms with van der Waals surface area (Å²) in [7, 11) is 0. The number of hydrogen-bond acceptors (Lipinski definition) is 1. The topological polar surface area (TPSA) is 3.24 Å². The van der Waals surface area contributed by atoms with Crippen LogP contribution < -0.4 is 4.90 Å². The third-order valence-electron chi connectivity index (χ3n) is 7.94. The molecule has 7 aromatic rings. The first-order valence-corrected chi connectivity index (χ1v) is 16.4. The van der Waals surface area contributed by atoms with Crippen molar-refractivity contribution in [3.05, 3.63) is 173 Å². The number of aryl methyl sites for hydroxylation is 3. The Morgan fingerprint density at radius 1 is 0.444 bits per heavy atom. The van der Waals surface area contributed by atoms with E-state index < -0.39 is 0 Å². The molecule has 224 valence electrons. The molecule has 0 aliphatic heterocycles. The molecule has 45 heavy (non-hydrogen) atoms. The monoisotopic (exact) mass is 649 g/mol. The fraction of sp³-hybridized carbons (Fsp3) is 0.116. The van der Waals surface area contributed by atoms with Gasteiger partial charge in [-0.15, -0.1) is 0 Å². The molecule has 0 aliphatic carbocycles. The largest absolute Gasteiger partial charge is 0.309 e. The summed E-state index contributed by atoms with van der Waals surface area (Å²) in [6, 6.07) is 53.8. The zero-order valence-corrected chi connectivity index (χ0v) is 28.3. The van der Waals surface area contributed by atoms with E-state index in [4.69, 9.17) is 0 Å². The number of rotatable bonds is 4. The summed E-state index contributed by atoms with van der Waals surface area (Å²) in [4.78, 5) is 2.38. The lowest BCUT2D eigenvalue weighted by molar-refractivity contribution is 1.30. The van der Waals surface area contributed by atoms with E-state index in [9.17, 15) is 0 Å². The van der Waals surface area contributed by atoms with Crippen molar-refractivity contribution < 1.29 is 0 Å². The van der Waals surface area contributed by atoms with Crippen molar-refractivity contribution in [2.75, 3.05) is 4.90 Å². The fourth-order valence-electron chi connectivity index (χ4n) is 5.73. The number of benzene rings is 7. The van der Waals surface area contributed by atoms with Crippen molar-refractivity contribution in [1.82, 2.24) is 0 Å². The second-order valence-electron chi connectivity index (χ2n) is 10.9. The highest BCUT2D eigenvalue weighted by molar-refractivity contribution is 9.10. The normalized spacial score (nSPS) is 10.4. The van der Waals surface area contributed by atoms with E-state index >= 15 is 0 Å². The van der Waals surface area contributed by atoms with Gasteiger partial charge in [-0.2, -0.15) is 0 Å². The van der Waals surface area contributed by atoms with Crippen LogP contribution in [0.25, 0.3) is 32.7 Å². The molecule has 0 atom stereocenters. The average molecular weight is 651 g/mol. The van der Waals surface area contributed by atoms with Crippen LogP contribution in [0.1, 0.15) is 30.5 Å². The van der Waals surface area contributed by atoms with Crippen molar-refractivity contribution in [3.63, 3.8) is 0 Å². The third-order valence-corrected chi connectivity index (χ3v) is 8.60. The molecule has 0 amide bonds. The quantitative estimate of drug-likeness (QED) is 0.183. The maximum Gasteiger partial charge on any atom is 0.0540 e. The Kier molecular flexibility index (Phi) is 10.5. The first-order chi connectivity index (χ1) is 22.0. The van der Waals surface area contributed by atoms with Crippen LogP contribution in [0.3, 0.4) is 0 Å². The highest BCUT2D eigenvalue weighted by atomic mass is 79.9. The lowest BCUT2D eigenvalue weighted by Crippen LogP contribution is -2.11. The van der Waals surface area contributed by atoms with Gasteiger partial charge in [0.25, 0.3) is 0 Å². The van der Waals surface area contributed by atoms with E-state index in [2.05, 4.69) is 193 Å². The Morgan fingerprint density at radius 3 is 1.47 bits per heavy atom. The zero-order chi connectivity index (χ0) is 31.8. The molecule has 0 aliphatic rings. The Bertz CT molecular complexity index is 1910. The molecule has 7 aromatic carbocycles. The number of fused-ring (bicyclic) bond motifs is 2. The third kappa shape index (κ3) is 7.03. The molecule has 0 heterocycles. The van der Waals surface area contributed by atoms with Gasteiger partial charge < -0.3 is 4.90 Å². The second-order valence-corrected chi connectivity index (χ2v) is 11.8. The van der Waals surface area contributed by atoms with Crippen molar-refractivity contribution in [2.45, 2.75) is 34.6 Å². The summed E-state index contributed by atoms with van der Waals surface area (Å²) in [6.45, 7) is 10.4. The van der Waals surface area contributed by atoms with Gasteiger partial charge in [-0.1, -0.05) is 157 Å². The summed E-state index contributed by atoms with van der Waals surface area (Å²) < 4.78 is 1.16. The van der Waals surface area contributed by atoms with E-state index in [0.717, 1.165) is 4.47 Å². The van der Waals surface area contributed by atoms with E-state index in [0.29, 0.717) is 0 Å². The van der Waals surface area contributed by atoms with Crippen LogP contribution in [0.2, 0.25) is 0 Å². The van der Waals surface area contributed by atoms with Crippen LogP contribution in [-0.4, -0.2) is 0 Å². The van der Waals surface area contributed by atoms with Crippen LogP contribution in [-0.2, 0) is 0 Å². The van der Waals surface area contributed by atoms with Crippen LogP contribution in [0.15, 0.2) is 156 Å². The first kappa shape index (κ1) is 31.8. The first-order valence-electron chi connectivity index (χ1n) is 15.6. The molecule has 0 spiro atoms. The number of nitrogens with zero attached hydrogens (tertiary/aromatic N) is 1. The van der Waals surface area contributed by atoms with Gasteiger partial charge in [-0.25, -0.2) is 0 Å². The minimum absolute atomic E-state index is 1.16. The number of anilines is 3. The van der Waals surface area contributed by atoms with E-state index in [1.807, 2.05) is 13.8 Å².